The second-order valence-corrected chi connectivity index (χ2v) is 14.8. The Morgan fingerprint density at radius 3 is 2.14 bits per heavy atom. The maximum atomic E-state index is 13.2. The fourth-order valence-corrected chi connectivity index (χ4v) is 7.38. The van der Waals surface area contributed by atoms with E-state index in [0.29, 0.717) is 17.9 Å². The van der Waals surface area contributed by atoms with Crippen LogP contribution in [0.1, 0.15) is 31.6 Å². The maximum Gasteiger partial charge on any atom is 0.415 e. The maximum absolute atomic E-state index is 13.2. The van der Waals surface area contributed by atoms with Gasteiger partial charge >= 0.3 is 6.09 Å². The van der Waals surface area contributed by atoms with Gasteiger partial charge in [-0.25, -0.2) is 13.2 Å². The van der Waals surface area contributed by atoms with Gasteiger partial charge in [-0.05, 0) is 17.7 Å². The summed E-state index contributed by atoms with van der Waals surface area (Å²) in [6, 6.07) is 6.21. The second kappa shape index (κ2) is 11.0. The van der Waals surface area contributed by atoms with E-state index in [9.17, 15) is 17.8 Å². The van der Waals surface area contributed by atoms with E-state index in [1.807, 2.05) is 13.8 Å². The number of sulfone groups is 1. The van der Waals surface area contributed by atoms with Crippen molar-refractivity contribution in [3.05, 3.63) is 29.8 Å². The van der Waals surface area contributed by atoms with Crippen molar-refractivity contribution in [3.63, 3.8) is 0 Å². The van der Waals surface area contributed by atoms with Crippen molar-refractivity contribution in [2.24, 2.45) is 5.16 Å². The van der Waals surface area contributed by atoms with E-state index < -0.39 is 27.5 Å². The van der Waals surface area contributed by atoms with Crippen LogP contribution in [0.3, 0.4) is 0 Å². The molecule has 164 valence electrons. The molecule has 8 nitrogen and oxygen atoms in total. The molecule has 1 aromatic rings. The van der Waals surface area contributed by atoms with E-state index in [0.717, 1.165) is 0 Å². The van der Waals surface area contributed by atoms with Crippen LogP contribution in [0.5, 0.6) is 0 Å². The Labute approximate surface area is 177 Å². The largest absolute Gasteiger partial charge is 0.415 e. The van der Waals surface area contributed by atoms with E-state index in [1.54, 1.807) is 19.1 Å². The number of oxime groups is 1. The van der Waals surface area contributed by atoms with E-state index in [2.05, 4.69) is 5.16 Å². The molecular weight excluding hydrogens is 435 g/mol. The Kier molecular flexibility index (Phi) is 9.71. The van der Waals surface area contributed by atoms with Gasteiger partial charge in [0.25, 0.3) is 5.90 Å². The molecule has 0 aliphatic rings. The first-order valence-corrected chi connectivity index (χ1v) is 14.3. The molecule has 0 fully saturated rings. The van der Waals surface area contributed by atoms with Crippen LogP contribution in [0.15, 0.2) is 34.3 Å². The Morgan fingerprint density at radius 2 is 1.72 bits per heavy atom. The van der Waals surface area contributed by atoms with Gasteiger partial charge in [-0.15, -0.1) is 0 Å². The van der Waals surface area contributed by atoms with Crippen LogP contribution in [0.2, 0.25) is 0 Å². The number of rotatable bonds is 9. The summed E-state index contributed by atoms with van der Waals surface area (Å²) < 4.78 is 42.7. The Morgan fingerprint density at radius 1 is 1.17 bits per heavy atom. The SMILES string of the molecule is CCP(=O)(CC)SC(C(=NOC)OC(=O)N(C)C)c1ccc(S(=O)(=O)CC)cc1. The van der Waals surface area contributed by atoms with Crippen LogP contribution in [0.25, 0.3) is 0 Å². The normalized spacial score (nSPS) is 13.7. The molecule has 0 saturated carbocycles. The summed E-state index contributed by atoms with van der Waals surface area (Å²) in [6.07, 6.45) is -2.39. The van der Waals surface area contributed by atoms with Crippen molar-refractivity contribution in [2.45, 2.75) is 30.9 Å². The quantitative estimate of drug-likeness (QED) is 0.233. The zero-order valence-corrected chi connectivity index (χ0v) is 20.1. The summed E-state index contributed by atoms with van der Waals surface area (Å²) in [6.45, 7) is 5.25. The lowest BCUT2D eigenvalue weighted by atomic mass is 10.1. The molecule has 0 aliphatic carbocycles. The zero-order valence-electron chi connectivity index (χ0n) is 17.6. The van der Waals surface area contributed by atoms with Crippen LogP contribution in [-0.4, -0.2) is 64.6 Å². The van der Waals surface area contributed by atoms with Gasteiger partial charge in [0, 0.05) is 26.4 Å². The molecule has 0 aromatic heterocycles. The van der Waals surface area contributed by atoms with E-state index in [-0.39, 0.29) is 16.5 Å². The molecule has 0 saturated heterocycles. The highest BCUT2D eigenvalue weighted by atomic mass is 32.7. The lowest BCUT2D eigenvalue weighted by molar-refractivity contribution is 0.156. The molecule has 29 heavy (non-hydrogen) atoms. The number of hydrogen-bond donors (Lipinski definition) is 0. The van der Waals surface area contributed by atoms with Gasteiger partial charge in [0.05, 0.1) is 10.6 Å². The molecule has 0 aliphatic heterocycles. The minimum Gasteiger partial charge on any atom is -0.396 e. The number of nitrogens with zero attached hydrogens (tertiary/aromatic N) is 2. The van der Waals surface area contributed by atoms with Crippen LogP contribution >= 0.6 is 17.7 Å². The van der Waals surface area contributed by atoms with E-state index in [4.69, 9.17) is 9.57 Å². The molecule has 0 heterocycles. The third kappa shape index (κ3) is 7.04. The first-order chi connectivity index (χ1) is 13.5. The van der Waals surface area contributed by atoms with Crippen molar-refractivity contribution < 1.29 is 27.4 Å². The van der Waals surface area contributed by atoms with Crippen molar-refractivity contribution in [1.82, 2.24) is 4.90 Å². The van der Waals surface area contributed by atoms with Crippen LogP contribution < -0.4 is 0 Å². The summed E-state index contributed by atoms with van der Waals surface area (Å²) in [5, 5.41) is 3.14. The number of hydrogen-bond acceptors (Lipinski definition) is 8. The van der Waals surface area contributed by atoms with Crippen molar-refractivity contribution in [3.8, 4) is 0 Å². The fourth-order valence-electron chi connectivity index (χ4n) is 2.22. The summed E-state index contributed by atoms with van der Waals surface area (Å²) in [7, 11) is 1.03. The van der Waals surface area contributed by atoms with Gasteiger partial charge in [0.15, 0.2) is 9.84 Å². The summed E-state index contributed by atoms with van der Waals surface area (Å²) in [5.74, 6) is -0.0631. The van der Waals surface area contributed by atoms with E-state index in [1.165, 1.54) is 49.6 Å². The Bertz CT molecular complexity index is 861. The summed E-state index contributed by atoms with van der Waals surface area (Å²) >= 11 is 1.17. The zero-order chi connectivity index (χ0) is 22.2. The molecule has 1 amide bonds. The predicted octanol–water partition coefficient (Wildman–Crippen LogP) is 4.23. The molecule has 1 atom stereocenters. The van der Waals surface area contributed by atoms with Gasteiger partial charge < -0.3 is 19.0 Å². The number of ether oxygens (including phenoxy) is 1. The Balaban J connectivity index is 3.45. The highest BCUT2D eigenvalue weighted by Crippen LogP contribution is 2.63. The second-order valence-electron chi connectivity index (χ2n) is 6.28. The minimum absolute atomic E-state index is 0.0117. The molecule has 0 radical (unpaired) electrons. The monoisotopic (exact) mass is 464 g/mol. The minimum atomic E-state index is -3.35. The van der Waals surface area contributed by atoms with Crippen molar-refractivity contribution in [2.75, 3.05) is 39.3 Å². The molecule has 1 rings (SSSR count). The first-order valence-electron chi connectivity index (χ1n) is 9.12. The van der Waals surface area contributed by atoms with Gasteiger partial charge in [-0.1, -0.05) is 49.4 Å². The van der Waals surface area contributed by atoms with Gasteiger partial charge in [0.2, 0.25) is 0 Å². The fraction of sp³-hybridized carbons (Fsp3) is 0.556. The standard InChI is InChI=1S/C18H29N2O6PS2/c1-7-27(22,8-2)28-16(17(19-25-6)26-18(21)20(4)5)14-10-12-15(13-11-14)29(23,24)9-3/h10-13,16H,7-9H2,1-6H3. The summed E-state index contributed by atoms with van der Waals surface area (Å²) in [4.78, 5) is 18.4. The third-order valence-electron chi connectivity index (χ3n) is 4.15. The lowest BCUT2D eigenvalue weighted by Crippen LogP contribution is -2.28. The predicted molar refractivity (Wildman–Crippen MR) is 118 cm³/mol. The van der Waals surface area contributed by atoms with Crippen molar-refractivity contribution in [1.29, 1.82) is 0 Å². The summed E-state index contributed by atoms with van der Waals surface area (Å²) in [5.41, 5.74) is 0.606. The molecule has 1 aromatic carbocycles. The number of benzene rings is 1. The molecule has 0 spiro atoms. The van der Waals surface area contributed by atoms with Gasteiger partial charge in [-0.3, -0.25) is 0 Å². The average Bonchev–Trinajstić information content (AvgIpc) is 2.71. The van der Waals surface area contributed by atoms with Gasteiger partial charge in [-0.2, -0.15) is 0 Å². The molecular formula is C18H29N2O6PS2. The number of carbonyl (C=O) groups is 1. The first kappa shape index (κ1) is 25.5. The van der Waals surface area contributed by atoms with Crippen LogP contribution in [-0.2, 0) is 24.0 Å². The van der Waals surface area contributed by atoms with Crippen LogP contribution in [0, 0.1) is 0 Å². The third-order valence-corrected chi connectivity index (χ3v) is 12.2. The highest BCUT2D eigenvalue weighted by Gasteiger charge is 2.32. The van der Waals surface area contributed by atoms with E-state index >= 15 is 0 Å². The number of carbonyl (C=O) groups excluding carboxylic acids is 1. The lowest BCUT2D eigenvalue weighted by Gasteiger charge is -2.23. The smallest absolute Gasteiger partial charge is 0.396 e. The molecule has 1 unspecified atom stereocenters. The topological polar surface area (TPSA) is 102 Å². The molecule has 0 bridgehead atoms. The number of amides is 1. The van der Waals surface area contributed by atoms with Crippen LogP contribution in [0.4, 0.5) is 4.79 Å². The average molecular weight is 465 g/mol. The Hall–Kier alpha value is -1.51. The molecule has 0 N–H and O–H groups in total. The van der Waals surface area contributed by atoms with Gasteiger partial charge in [0.1, 0.15) is 18.7 Å². The van der Waals surface area contributed by atoms with Crippen molar-refractivity contribution >= 4 is 39.6 Å². The molecule has 11 heteroatoms. The highest BCUT2D eigenvalue weighted by molar-refractivity contribution is 8.58.